The second kappa shape index (κ2) is 9.87. The van der Waals surface area contributed by atoms with Crippen LogP contribution in [-0.4, -0.2) is 68.1 Å². The van der Waals surface area contributed by atoms with Gasteiger partial charge in [0.15, 0.2) is 5.60 Å². The molecule has 0 N–H and O–H groups in total. The van der Waals surface area contributed by atoms with Crippen molar-refractivity contribution in [3.8, 4) is 11.3 Å². The van der Waals surface area contributed by atoms with E-state index in [0.717, 1.165) is 11.3 Å². The van der Waals surface area contributed by atoms with Gasteiger partial charge in [0.1, 0.15) is 0 Å². The molecule has 1 saturated heterocycles. The van der Waals surface area contributed by atoms with Gasteiger partial charge >= 0.3 is 5.97 Å². The molecule has 2 aliphatic rings. The quantitative estimate of drug-likeness (QED) is 0.502. The topological polar surface area (TPSA) is 92.9 Å². The minimum absolute atomic E-state index is 0.194. The fraction of sp³-hybridized carbons (Fsp3) is 0.519. The Hall–Kier alpha value is -3.49. The van der Waals surface area contributed by atoms with Crippen molar-refractivity contribution in [1.29, 1.82) is 0 Å². The minimum Gasteiger partial charge on any atom is -0.450 e. The first-order valence-electron chi connectivity index (χ1n) is 12.9. The Morgan fingerprint density at radius 3 is 2.33 bits per heavy atom. The number of carbonyl (C=O) groups is 2. The molecule has 190 valence electrons. The van der Waals surface area contributed by atoms with E-state index in [1.54, 1.807) is 29.5 Å². The fourth-order valence-electron chi connectivity index (χ4n) is 5.39. The molecule has 3 aromatic rings. The average Bonchev–Trinajstić information content (AvgIpc) is 3.33. The van der Waals surface area contributed by atoms with Gasteiger partial charge in [0.05, 0.1) is 5.69 Å². The van der Waals surface area contributed by atoms with Crippen LogP contribution in [0.1, 0.15) is 64.4 Å². The van der Waals surface area contributed by atoms with Gasteiger partial charge in [0.25, 0.3) is 11.7 Å². The van der Waals surface area contributed by atoms with Crippen molar-refractivity contribution in [3.63, 3.8) is 0 Å². The van der Waals surface area contributed by atoms with Gasteiger partial charge in [-0.15, -0.1) is 5.10 Å². The summed E-state index contributed by atoms with van der Waals surface area (Å²) in [5.74, 6) is 1.16. The number of benzene rings is 1. The summed E-state index contributed by atoms with van der Waals surface area (Å²) in [6.45, 7) is 6.75. The fourth-order valence-corrected chi connectivity index (χ4v) is 5.39. The number of hydrogen-bond donors (Lipinski definition) is 0. The van der Waals surface area contributed by atoms with E-state index in [2.05, 4.69) is 39.1 Å². The van der Waals surface area contributed by atoms with E-state index >= 15 is 0 Å². The third kappa shape index (κ3) is 4.92. The van der Waals surface area contributed by atoms with Crippen molar-refractivity contribution < 1.29 is 14.3 Å². The van der Waals surface area contributed by atoms with E-state index in [4.69, 9.17) is 9.84 Å². The molecule has 9 heteroatoms. The van der Waals surface area contributed by atoms with Crippen LogP contribution in [-0.2, 0) is 14.3 Å². The molecule has 1 aromatic carbocycles. The predicted molar refractivity (Wildman–Crippen MR) is 137 cm³/mol. The Kier molecular flexibility index (Phi) is 6.64. The van der Waals surface area contributed by atoms with Crippen LogP contribution in [0.2, 0.25) is 0 Å². The summed E-state index contributed by atoms with van der Waals surface area (Å²) >= 11 is 0. The highest BCUT2D eigenvalue weighted by molar-refractivity contribution is 5.87. The summed E-state index contributed by atoms with van der Waals surface area (Å²) in [6.07, 6.45) is 8.34. The molecular formula is C27H34N6O3. The van der Waals surface area contributed by atoms with E-state index in [9.17, 15) is 9.59 Å². The maximum absolute atomic E-state index is 12.9. The number of ether oxygens (including phenoxy) is 1. The second-order valence-electron chi connectivity index (χ2n) is 10.3. The first kappa shape index (κ1) is 24.2. The molecule has 0 radical (unpaired) electrons. The number of anilines is 1. The van der Waals surface area contributed by atoms with E-state index in [-0.39, 0.29) is 5.91 Å². The number of piperazine rings is 1. The van der Waals surface area contributed by atoms with Gasteiger partial charge in [-0.1, -0.05) is 43.5 Å². The summed E-state index contributed by atoms with van der Waals surface area (Å²) in [7, 11) is 0. The zero-order valence-electron chi connectivity index (χ0n) is 21.3. The highest BCUT2D eigenvalue weighted by Crippen LogP contribution is 2.33. The number of amides is 1. The van der Waals surface area contributed by atoms with Crippen molar-refractivity contribution in [1.82, 2.24) is 24.5 Å². The van der Waals surface area contributed by atoms with Gasteiger partial charge in [0.2, 0.25) is 5.95 Å². The smallest absolute Gasteiger partial charge is 0.303 e. The molecule has 0 bridgehead atoms. The first-order chi connectivity index (χ1) is 17.3. The SMILES string of the molecule is CC(=O)OC(C)(C)C(=O)N1CCN(c2nc3nccc(-c4ccc(C5CCCCC5)cc4)n3n2)CC1. The van der Waals surface area contributed by atoms with Gasteiger partial charge in [-0.3, -0.25) is 9.59 Å². The normalized spacial score (nSPS) is 17.4. The summed E-state index contributed by atoms with van der Waals surface area (Å²) in [4.78, 5) is 37.1. The highest BCUT2D eigenvalue weighted by atomic mass is 16.6. The molecule has 36 heavy (non-hydrogen) atoms. The number of rotatable bonds is 5. The Balaban J connectivity index is 1.30. The lowest BCUT2D eigenvalue weighted by Crippen LogP contribution is -2.55. The lowest BCUT2D eigenvalue weighted by Gasteiger charge is -2.37. The molecule has 1 saturated carbocycles. The Labute approximate surface area is 211 Å². The van der Waals surface area contributed by atoms with Crippen LogP contribution in [0.5, 0.6) is 0 Å². The molecular weight excluding hydrogens is 456 g/mol. The maximum Gasteiger partial charge on any atom is 0.303 e. The van der Waals surface area contributed by atoms with Crippen LogP contribution < -0.4 is 4.90 Å². The van der Waals surface area contributed by atoms with Gasteiger partial charge in [-0.25, -0.2) is 4.98 Å². The zero-order chi connectivity index (χ0) is 25.3. The molecule has 2 fully saturated rings. The molecule has 0 spiro atoms. The second-order valence-corrected chi connectivity index (χ2v) is 10.3. The largest absolute Gasteiger partial charge is 0.450 e. The molecule has 9 nitrogen and oxygen atoms in total. The van der Waals surface area contributed by atoms with E-state index in [0.29, 0.717) is 43.8 Å². The number of esters is 1. The number of nitrogens with zero attached hydrogens (tertiary/aromatic N) is 6. The lowest BCUT2D eigenvalue weighted by molar-refractivity contribution is -0.168. The van der Waals surface area contributed by atoms with Crippen molar-refractivity contribution >= 4 is 23.6 Å². The summed E-state index contributed by atoms with van der Waals surface area (Å²) in [5, 5.41) is 4.78. The molecule has 3 heterocycles. The highest BCUT2D eigenvalue weighted by Gasteiger charge is 2.36. The van der Waals surface area contributed by atoms with E-state index in [1.807, 2.05) is 6.07 Å². The molecule has 0 atom stereocenters. The summed E-state index contributed by atoms with van der Waals surface area (Å²) < 4.78 is 7.02. The summed E-state index contributed by atoms with van der Waals surface area (Å²) in [5.41, 5.74) is 2.28. The average molecular weight is 491 g/mol. The zero-order valence-corrected chi connectivity index (χ0v) is 21.3. The van der Waals surface area contributed by atoms with Gasteiger partial charge in [-0.2, -0.15) is 9.50 Å². The van der Waals surface area contributed by atoms with Crippen LogP contribution in [0.25, 0.3) is 17.0 Å². The van der Waals surface area contributed by atoms with Crippen molar-refractivity contribution in [2.75, 3.05) is 31.1 Å². The van der Waals surface area contributed by atoms with Crippen molar-refractivity contribution in [2.24, 2.45) is 0 Å². The van der Waals surface area contributed by atoms with Crippen LogP contribution >= 0.6 is 0 Å². The van der Waals surface area contributed by atoms with Crippen molar-refractivity contribution in [2.45, 2.75) is 64.4 Å². The Morgan fingerprint density at radius 2 is 1.67 bits per heavy atom. The first-order valence-corrected chi connectivity index (χ1v) is 12.9. The molecule has 2 aromatic heterocycles. The lowest BCUT2D eigenvalue weighted by atomic mass is 9.84. The number of carbonyl (C=O) groups excluding carboxylic acids is 2. The van der Waals surface area contributed by atoms with Crippen LogP contribution in [0.15, 0.2) is 36.5 Å². The van der Waals surface area contributed by atoms with Gasteiger partial charge in [0, 0.05) is 44.9 Å². The van der Waals surface area contributed by atoms with Crippen LogP contribution in [0, 0.1) is 0 Å². The van der Waals surface area contributed by atoms with E-state index in [1.165, 1.54) is 44.6 Å². The monoisotopic (exact) mass is 490 g/mol. The van der Waals surface area contributed by atoms with E-state index < -0.39 is 11.6 Å². The predicted octanol–water partition coefficient (Wildman–Crippen LogP) is 3.83. The molecule has 1 aliphatic heterocycles. The van der Waals surface area contributed by atoms with Gasteiger partial charge < -0.3 is 14.5 Å². The van der Waals surface area contributed by atoms with Crippen LogP contribution in [0.3, 0.4) is 0 Å². The molecule has 1 aliphatic carbocycles. The standard InChI is InChI=1S/C27H34N6O3/c1-19(34)36-27(2,3)24(35)31-15-17-32(18-16-31)26-29-25-28-14-13-23(33(25)30-26)22-11-9-21(10-12-22)20-7-5-4-6-8-20/h9-14,20H,4-8,15-18H2,1-3H3. The van der Waals surface area contributed by atoms with Crippen molar-refractivity contribution in [3.05, 3.63) is 42.1 Å². The van der Waals surface area contributed by atoms with Crippen LogP contribution in [0.4, 0.5) is 5.95 Å². The maximum atomic E-state index is 12.9. The third-order valence-corrected chi connectivity index (χ3v) is 7.28. The molecule has 0 unspecified atom stereocenters. The molecule has 1 amide bonds. The molecule has 5 rings (SSSR count). The van der Waals surface area contributed by atoms with Gasteiger partial charge in [-0.05, 0) is 44.2 Å². The summed E-state index contributed by atoms with van der Waals surface area (Å²) in [6, 6.07) is 10.8. The Morgan fingerprint density at radius 1 is 0.972 bits per heavy atom. The number of aromatic nitrogens is 4. The number of fused-ring (bicyclic) bond motifs is 1. The minimum atomic E-state index is -1.18. The Bertz CT molecular complexity index is 1240. The third-order valence-electron chi connectivity index (χ3n) is 7.28. The number of hydrogen-bond acceptors (Lipinski definition) is 7.